The largest absolute Gasteiger partial charge is 0.406 e. The highest BCUT2D eigenvalue weighted by molar-refractivity contribution is 9.10. The zero-order valence-electron chi connectivity index (χ0n) is 9.83. The fourth-order valence-corrected chi connectivity index (χ4v) is 1.57. The van der Waals surface area contributed by atoms with Crippen LogP contribution in [0, 0.1) is 0 Å². The first-order valence-corrected chi connectivity index (χ1v) is 5.99. The van der Waals surface area contributed by atoms with Crippen molar-refractivity contribution in [3.8, 4) is 0 Å². The van der Waals surface area contributed by atoms with Crippen LogP contribution < -0.4 is 0 Å². The molecule has 0 bridgehead atoms. The monoisotopic (exact) mass is 324 g/mol. The fraction of sp³-hybridized carbons (Fsp3) is 0.455. The third kappa shape index (κ3) is 4.29. The lowest BCUT2D eigenvalue weighted by Gasteiger charge is -2.27. The van der Waals surface area contributed by atoms with E-state index >= 15 is 0 Å². The highest BCUT2D eigenvalue weighted by atomic mass is 79.9. The lowest BCUT2D eigenvalue weighted by Crippen LogP contribution is -2.43. The molecule has 0 spiro atoms. The summed E-state index contributed by atoms with van der Waals surface area (Å²) in [6.45, 7) is 1.78. The molecule has 7 heteroatoms. The summed E-state index contributed by atoms with van der Waals surface area (Å²) < 4.78 is 37.8. The van der Waals surface area contributed by atoms with Gasteiger partial charge in [0.1, 0.15) is 12.2 Å². The predicted molar refractivity (Wildman–Crippen MR) is 64.2 cm³/mol. The highest BCUT2D eigenvalue weighted by Crippen LogP contribution is 2.20. The van der Waals surface area contributed by atoms with E-state index in [0.717, 1.165) is 4.90 Å². The molecule has 0 aliphatic heterocycles. The van der Waals surface area contributed by atoms with Gasteiger partial charge in [-0.3, -0.25) is 4.79 Å². The van der Waals surface area contributed by atoms with Crippen molar-refractivity contribution < 1.29 is 18.0 Å². The number of carbonyl (C=O) groups is 1. The lowest BCUT2D eigenvalue weighted by atomic mass is 10.2. The summed E-state index contributed by atoms with van der Waals surface area (Å²) in [6, 6.07) is 2.40. The number of amides is 1. The van der Waals surface area contributed by atoms with E-state index in [1.807, 2.05) is 0 Å². The Balaban J connectivity index is 2.93. The molecule has 1 aromatic rings. The van der Waals surface area contributed by atoms with E-state index in [9.17, 15) is 18.0 Å². The van der Waals surface area contributed by atoms with Crippen LogP contribution in [0.4, 0.5) is 13.2 Å². The SMILES string of the molecule is CC(C)N(CC(F)(F)F)C(=O)c1ccc(Br)cn1. The van der Waals surface area contributed by atoms with Gasteiger partial charge in [0.2, 0.25) is 0 Å². The first kappa shape index (κ1) is 14.9. The number of rotatable bonds is 3. The standard InChI is InChI=1S/C11H12BrF3N2O/c1-7(2)17(6-11(13,14)15)10(18)9-4-3-8(12)5-16-9/h3-5,7H,6H2,1-2H3. The minimum atomic E-state index is -4.42. The van der Waals surface area contributed by atoms with Crippen LogP contribution >= 0.6 is 15.9 Å². The van der Waals surface area contributed by atoms with Gasteiger partial charge in [0.05, 0.1) is 0 Å². The van der Waals surface area contributed by atoms with Gasteiger partial charge in [-0.2, -0.15) is 13.2 Å². The van der Waals surface area contributed by atoms with E-state index in [0.29, 0.717) is 4.47 Å². The van der Waals surface area contributed by atoms with Crippen LogP contribution in [0.5, 0.6) is 0 Å². The Kier molecular flexibility index (Phi) is 4.72. The molecule has 0 fully saturated rings. The van der Waals surface area contributed by atoms with Gasteiger partial charge in [-0.25, -0.2) is 4.98 Å². The molecule has 3 nitrogen and oxygen atoms in total. The van der Waals surface area contributed by atoms with Crippen molar-refractivity contribution >= 4 is 21.8 Å². The summed E-state index contributed by atoms with van der Waals surface area (Å²) in [4.78, 5) is 16.5. The zero-order valence-corrected chi connectivity index (χ0v) is 11.4. The molecule has 0 aliphatic rings. The second-order valence-corrected chi connectivity index (χ2v) is 4.92. The summed E-state index contributed by atoms with van der Waals surface area (Å²) in [7, 11) is 0. The molecule has 18 heavy (non-hydrogen) atoms. The Bertz CT molecular complexity index is 417. The van der Waals surface area contributed by atoms with Crippen LogP contribution in [0.15, 0.2) is 22.8 Å². The number of halogens is 4. The number of carbonyl (C=O) groups excluding carboxylic acids is 1. The molecule has 0 saturated heterocycles. The Morgan fingerprint density at radius 2 is 2.06 bits per heavy atom. The Hall–Kier alpha value is -1.11. The van der Waals surface area contributed by atoms with E-state index in [-0.39, 0.29) is 5.69 Å². The fourth-order valence-electron chi connectivity index (χ4n) is 1.33. The molecule has 0 aromatic carbocycles. The van der Waals surface area contributed by atoms with Gasteiger partial charge in [-0.1, -0.05) is 0 Å². The molecule has 100 valence electrons. The summed E-state index contributed by atoms with van der Waals surface area (Å²) in [5, 5.41) is 0. The predicted octanol–water partition coefficient (Wildman–Crippen LogP) is 3.26. The van der Waals surface area contributed by atoms with Gasteiger partial charge in [-0.05, 0) is 41.9 Å². The molecule has 0 atom stereocenters. The number of hydrogen-bond donors (Lipinski definition) is 0. The van der Waals surface area contributed by atoms with Crippen LogP contribution in [0.2, 0.25) is 0 Å². The van der Waals surface area contributed by atoms with Gasteiger partial charge in [-0.15, -0.1) is 0 Å². The Morgan fingerprint density at radius 3 is 2.44 bits per heavy atom. The first-order chi connectivity index (χ1) is 8.20. The average Bonchev–Trinajstić information content (AvgIpc) is 2.24. The maximum Gasteiger partial charge on any atom is 0.406 e. The molecule has 0 aliphatic carbocycles. The van der Waals surface area contributed by atoms with Crippen LogP contribution in [0.3, 0.4) is 0 Å². The smallest absolute Gasteiger partial charge is 0.326 e. The summed E-state index contributed by atoms with van der Waals surface area (Å²) in [6.07, 6.45) is -3.05. The van der Waals surface area contributed by atoms with E-state index in [2.05, 4.69) is 20.9 Å². The van der Waals surface area contributed by atoms with Crippen LogP contribution in [-0.2, 0) is 0 Å². The van der Waals surface area contributed by atoms with Gasteiger partial charge in [0.15, 0.2) is 0 Å². The van der Waals surface area contributed by atoms with Gasteiger partial charge < -0.3 is 4.90 Å². The van der Waals surface area contributed by atoms with Crippen molar-refractivity contribution in [2.45, 2.75) is 26.1 Å². The van der Waals surface area contributed by atoms with Crippen molar-refractivity contribution in [1.82, 2.24) is 9.88 Å². The van der Waals surface area contributed by atoms with Crippen molar-refractivity contribution in [3.63, 3.8) is 0 Å². The second-order valence-electron chi connectivity index (χ2n) is 4.00. The maximum atomic E-state index is 12.4. The number of aromatic nitrogens is 1. The Labute approximate surface area is 111 Å². The van der Waals surface area contributed by atoms with Crippen molar-refractivity contribution in [2.75, 3.05) is 6.54 Å². The van der Waals surface area contributed by atoms with Gasteiger partial charge >= 0.3 is 6.18 Å². The van der Waals surface area contributed by atoms with Crippen LogP contribution in [-0.4, -0.2) is 34.6 Å². The quantitative estimate of drug-likeness (QED) is 0.855. The lowest BCUT2D eigenvalue weighted by molar-refractivity contribution is -0.143. The zero-order chi connectivity index (χ0) is 13.9. The Morgan fingerprint density at radius 1 is 1.44 bits per heavy atom. The van der Waals surface area contributed by atoms with Crippen molar-refractivity contribution in [3.05, 3.63) is 28.5 Å². The van der Waals surface area contributed by atoms with Crippen LogP contribution in [0.25, 0.3) is 0 Å². The van der Waals surface area contributed by atoms with Crippen molar-refractivity contribution in [2.24, 2.45) is 0 Å². The minimum Gasteiger partial charge on any atom is -0.326 e. The first-order valence-electron chi connectivity index (χ1n) is 5.20. The molecule has 0 radical (unpaired) electrons. The molecular weight excluding hydrogens is 313 g/mol. The van der Waals surface area contributed by atoms with Gasteiger partial charge in [0, 0.05) is 16.7 Å². The molecule has 1 heterocycles. The third-order valence-electron chi connectivity index (χ3n) is 2.18. The molecule has 0 N–H and O–H groups in total. The number of pyridine rings is 1. The van der Waals surface area contributed by atoms with Crippen LogP contribution in [0.1, 0.15) is 24.3 Å². The topological polar surface area (TPSA) is 33.2 Å². The summed E-state index contributed by atoms with van der Waals surface area (Å²) >= 11 is 3.14. The number of nitrogens with zero attached hydrogens (tertiary/aromatic N) is 2. The van der Waals surface area contributed by atoms with E-state index in [4.69, 9.17) is 0 Å². The summed E-state index contributed by atoms with van der Waals surface area (Å²) in [5.74, 6) is -0.727. The van der Waals surface area contributed by atoms with E-state index in [1.165, 1.54) is 26.1 Å². The normalized spacial score (nSPS) is 11.7. The molecule has 1 amide bonds. The van der Waals surface area contributed by atoms with E-state index < -0.39 is 24.7 Å². The van der Waals surface area contributed by atoms with Gasteiger partial charge in [0.25, 0.3) is 5.91 Å². The number of alkyl halides is 3. The molecule has 1 aromatic heterocycles. The van der Waals surface area contributed by atoms with Crippen molar-refractivity contribution in [1.29, 1.82) is 0 Å². The maximum absolute atomic E-state index is 12.4. The molecule has 0 unspecified atom stereocenters. The second kappa shape index (κ2) is 5.69. The molecule has 0 saturated carbocycles. The van der Waals surface area contributed by atoms with E-state index in [1.54, 1.807) is 6.07 Å². The minimum absolute atomic E-state index is 0.00356. The highest BCUT2D eigenvalue weighted by Gasteiger charge is 2.34. The third-order valence-corrected chi connectivity index (χ3v) is 2.65. The molecule has 1 rings (SSSR count). The average molecular weight is 325 g/mol. The molecular formula is C11H12BrF3N2O. The number of hydrogen-bond acceptors (Lipinski definition) is 2. The summed E-state index contributed by atoms with van der Waals surface area (Å²) in [5.41, 5.74) is -0.00356.